The van der Waals surface area contributed by atoms with Crippen molar-refractivity contribution >= 4 is 52.7 Å². The van der Waals surface area contributed by atoms with Gasteiger partial charge in [-0.15, -0.1) is 0 Å². The molecule has 0 N–H and O–H groups in total. The Kier molecular flexibility index (Phi) is 5.03. The van der Waals surface area contributed by atoms with E-state index in [2.05, 4.69) is 62.9 Å². The van der Waals surface area contributed by atoms with E-state index in [4.69, 9.17) is 4.74 Å². The lowest BCUT2D eigenvalue weighted by Crippen LogP contribution is -1.88. The molecule has 0 fully saturated rings. The number of ether oxygens (including phenoxy) is 1. The van der Waals surface area contributed by atoms with E-state index in [-0.39, 0.29) is 0 Å². The van der Waals surface area contributed by atoms with E-state index in [0.29, 0.717) is 4.61 Å². The van der Waals surface area contributed by atoms with Crippen molar-refractivity contribution in [2.24, 2.45) is 0 Å². The molecule has 0 aliphatic carbocycles. The first-order chi connectivity index (χ1) is 5.77. The summed E-state index contributed by atoms with van der Waals surface area (Å²) in [5, 5.41) is 0. The topological polar surface area (TPSA) is 9.23 Å². The minimum atomic E-state index is 0.702. The summed E-state index contributed by atoms with van der Waals surface area (Å²) < 4.78 is 6.06. The van der Waals surface area contributed by atoms with E-state index in [1.165, 1.54) is 10.5 Å². The van der Waals surface area contributed by atoms with Crippen LogP contribution in [-0.4, -0.2) is 4.61 Å². The van der Waals surface area contributed by atoms with Crippen molar-refractivity contribution in [1.29, 1.82) is 0 Å². The summed E-state index contributed by atoms with van der Waals surface area (Å²) >= 11 is 4.48. The van der Waals surface area contributed by atoms with Crippen molar-refractivity contribution < 1.29 is 4.74 Å². The summed E-state index contributed by atoms with van der Waals surface area (Å²) in [6, 6.07) is 6.17. The lowest BCUT2D eigenvalue weighted by molar-refractivity contribution is 0.404. The molecule has 0 saturated carbocycles. The largest absolute Gasteiger partial charge is 0.483 e. The van der Waals surface area contributed by atoms with Crippen molar-refractivity contribution in [3.05, 3.63) is 23.8 Å². The van der Waals surface area contributed by atoms with Gasteiger partial charge in [-0.25, -0.2) is 0 Å². The second kappa shape index (κ2) is 5.54. The summed E-state index contributed by atoms with van der Waals surface area (Å²) in [5.41, 5.74) is 1.27. The quantitative estimate of drug-likeness (QED) is 0.550. The SMILES string of the molecule is Cc1cc(OCI)ccc1SI. The molecule has 0 amide bonds. The second-order valence-electron chi connectivity index (χ2n) is 2.26. The van der Waals surface area contributed by atoms with E-state index < -0.39 is 0 Å². The smallest absolute Gasteiger partial charge is 0.139 e. The van der Waals surface area contributed by atoms with Crippen LogP contribution < -0.4 is 4.74 Å². The molecular formula is C8H8I2OS. The average molecular weight is 406 g/mol. The molecule has 0 spiro atoms. The molecule has 1 nitrogen and oxygen atoms in total. The van der Waals surface area contributed by atoms with Crippen LogP contribution in [0.5, 0.6) is 5.75 Å². The maximum absolute atomic E-state index is 5.36. The van der Waals surface area contributed by atoms with Crippen molar-refractivity contribution in [1.82, 2.24) is 0 Å². The summed E-state index contributed by atoms with van der Waals surface area (Å²) in [6.45, 7) is 2.10. The van der Waals surface area contributed by atoms with Crippen LogP contribution in [0.1, 0.15) is 5.56 Å². The number of aryl methyl sites for hydroxylation is 1. The predicted molar refractivity (Wildman–Crippen MR) is 70.6 cm³/mol. The Balaban J connectivity index is 2.86. The van der Waals surface area contributed by atoms with Gasteiger partial charge in [-0.05, 0) is 53.3 Å². The maximum atomic E-state index is 5.36. The maximum Gasteiger partial charge on any atom is 0.139 e. The predicted octanol–water partition coefficient (Wildman–Crippen LogP) is 4.21. The van der Waals surface area contributed by atoms with Crippen molar-refractivity contribution in [2.75, 3.05) is 4.61 Å². The molecule has 1 rings (SSSR count). The zero-order chi connectivity index (χ0) is 8.97. The monoisotopic (exact) mass is 406 g/mol. The van der Waals surface area contributed by atoms with Gasteiger partial charge < -0.3 is 4.74 Å². The third kappa shape index (κ3) is 2.95. The molecule has 0 saturated heterocycles. The first-order valence-corrected chi connectivity index (χ1v) is 8.24. The molecule has 66 valence electrons. The molecule has 0 aliphatic heterocycles. The number of halogens is 2. The number of alkyl halides is 1. The van der Waals surface area contributed by atoms with Crippen LogP contribution in [0.2, 0.25) is 0 Å². The van der Waals surface area contributed by atoms with Gasteiger partial charge in [0, 0.05) is 26.1 Å². The second-order valence-corrected chi connectivity index (χ2v) is 4.80. The third-order valence-electron chi connectivity index (χ3n) is 1.45. The molecule has 1 aromatic rings. The van der Waals surface area contributed by atoms with Crippen molar-refractivity contribution in [2.45, 2.75) is 11.8 Å². The molecule has 0 aromatic heterocycles. The summed E-state index contributed by atoms with van der Waals surface area (Å²) in [7, 11) is 1.73. The number of benzene rings is 1. The van der Waals surface area contributed by atoms with E-state index >= 15 is 0 Å². The van der Waals surface area contributed by atoms with E-state index in [9.17, 15) is 0 Å². The van der Waals surface area contributed by atoms with E-state index in [1.807, 2.05) is 6.07 Å². The molecule has 0 aliphatic rings. The molecule has 0 unspecified atom stereocenters. The van der Waals surface area contributed by atoms with Crippen molar-refractivity contribution in [3.63, 3.8) is 0 Å². The van der Waals surface area contributed by atoms with Gasteiger partial charge >= 0.3 is 0 Å². The summed E-state index contributed by atoms with van der Waals surface area (Å²) in [4.78, 5) is 1.30. The highest BCUT2D eigenvalue weighted by atomic mass is 127. The van der Waals surface area contributed by atoms with Crippen LogP contribution in [0.25, 0.3) is 0 Å². The molecule has 0 heterocycles. The minimum Gasteiger partial charge on any atom is -0.483 e. The molecule has 12 heavy (non-hydrogen) atoms. The van der Waals surface area contributed by atoms with Gasteiger partial charge in [-0.3, -0.25) is 0 Å². The first kappa shape index (κ1) is 10.9. The van der Waals surface area contributed by atoms with Gasteiger partial charge in [-0.2, -0.15) is 0 Å². The van der Waals surface area contributed by atoms with Gasteiger partial charge in [0.1, 0.15) is 10.4 Å². The normalized spacial score (nSPS) is 9.92. The van der Waals surface area contributed by atoms with Gasteiger partial charge in [0.05, 0.1) is 0 Å². The zero-order valence-electron chi connectivity index (χ0n) is 6.51. The van der Waals surface area contributed by atoms with Crippen LogP contribution in [0, 0.1) is 6.92 Å². The van der Waals surface area contributed by atoms with Crippen LogP contribution in [0.3, 0.4) is 0 Å². The van der Waals surface area contributed by atoms with E-state index in [0.717, 1.165) is 5.75 Å². The molecule has 4 heteroatoms. The highest BCUT2D eigenvalue weighted by Gasteiger charge is 1.99. The van der Waals surface area contributed by atoms with Crippen LogP contribution in [0.4, 0.5) is 0 Å². The van der Waals surface area contributed by atoms with Gasteiger partial charge in [0.2, 0.25) is 0 Å². The summed E-state index contributed by atoms with van der Waals surface area (Å²) in [5.74, 6) is 0.955. The standard InChI is InChI=1S/C8H8I2OS/c1-6-4-7(11-5-9)2-3-8(6)12-10/h2-4H,5H2,1H3. The number of hydrogen-bond donors (Lipinski definition) is 0. The highest BCUT2D eigenvalue weighted by Crippen LogP contribution is 2.30. The number of rotatable bonds is 3. The van der Waals surface area contributed by atoms with Crippen LogP contribution in [-0.2, 0) is 0 Å². The average Bonchev–Trinajstić information content (AvgIpc) is 2.05. The zero-order valence-corrected chi connectivity index (χ0v) is 11.6. The number of hydrogen-bond acceptors (Lipinski definition) is 2. The Hall–Kier alpha value is 0.830. The fourth-order valence-corrected chi connectivity index (χ4v) is 3.00. The first-order valence-electron chi connectivity index (χ1n) is 3.36. The molecule has 0 bridgehead atoms. The Bertz CT molecular complexity index is 265. The third-order valence-corrected chi connectivity index (χ3v) is 3.81. The van der Waals surface area contributed by atoms with E-state index in [1.54, 1.807) is 8.93 Å². The summed E-state index contributed by atoms with van der Waals surface area (Å²) in [6.07, 6.45) is 0. The Morgan fingerprint density at radius 1 is 1.50 bits per heavy atom. The Morgan fingerprint density at radius 2 is 2.25 bits per heavy atom. The Labute approximate surface area is 102 Å². The molecule has 0 radical (unpaired) electrons. The minimum absolute atomic E-state index is 0.702. The van der Waals surface area contributed by atoms with Crippen LogP contribution in [0.15, 0.2) is 23.1 Å². The lowest BCUT2D eigenvalue weighted by atomic mass is 10.2. The van der Waals surface area contributed by atoms with Gasteiger partial charge in [0.25, 0.3) is 0 Å². The molecule has 0 atom stereocenters. The van der Waals surface area contributed by atoms with Gasteiger partial charge in [0.15, 0.2) is 0 Å². The van der Waals surface area contributed by atoms with Crippen LogP contribution >= 0.6 is 52.7 Å². The molecular weight excluding hydrogens is 398 g/mol. The highest BCUT2D eigenvalue weighted by molar-refractivity contribution is 14.2. The van der Waals surface area contributed by atoms with Gasteiger partial charge in [-0.1, -0.05) is 8.93 Å². The van der Waals surface area contributed by atoms with Crippen molar-refractivity contribution in [3.8, 4) is 5.75 Å². The lowest BCUT2D eigenvalue weighted by Gasteiger charge is -2.05. The Morgan fingerprint density at radius 3 is 2.75 bits per heavy atom. The molecule has 1 aromatic carbocycles. The fourth-order valence-electron chi connectivity index (χ4n) is 0.861. The fraction of sp³-hybridized carbons (Fsp3) is 0.250.